The monoisotopic (exact) mass is 897 g/mol. The number of rotatable bonds is 11. The van der Waals surface area contributed by atoms with Gasteiger partial charge in [0, 0.05) is 62.6 Å². The largest absolute Gasteiger partial charge is 0.501 e. The quantitative estimate of drug-likeness (QED) is 0.0626. The molecule has 0 fully saturated rings. The van der Waals surface area contributed by atoms with E-state index in [0.717, 1.165) is 54.6 Å². The maximum Gasteiger partial charge on any atom is 0.426 e. The molecule has 0 aliphatic carbocycles. The summed E-state index contributed by atoms with van der Waals surface area (Å²) in [5, 5.41) is 58.8. The maximum atomic E-state index is 14.3. The molecule has 0 amide bonds. The van der Waals surface area contributed by atoms with Gasteiger partial charge in [-0.1, -0.05) is 36.4 Å². The molecule has 0 spiro atoms. The van der Waals surface area contributed by atoms with E-state index in [9.17, 15) is 61.5 Å². The molecule has 0 unspecified atom stereocenters. The van der Waals surface area contributed by atoms with Crippen molar-refractivity contribution in [1.29, 1.82) is 16.2 Å². The van der Waals surface area contributed by atoms with Crippen LogP contribution in [0.3, 0.4) is 0 Å². The zero-order chi connectivity index (χ0) is 44.7. The van der Waals surface area contributed by atoms with Crippen molar-refractivity contribution in [2.24, 2.45) is 0 Å². The van der Waals surface area contributed by atoms with Crippen LogP contribution in [0.2, 0.25) is 0 Å². The van der Waals surface area contributed by atoms with Crippen LogP contribution < -0.4 is 12.5 Å². The van der Waals surface area contributed by atoms with Gasteiger partial charge in [0.2, 0.25) is 39.2 Å². The number of benzene rings is 7. The predicted octanol–water partition coefficient (Wildman–Crippen LogP) is 8.20. The van der Waals surface area contributed by atoms with E-state index < -0.39 is 91.1 Å². The summed E-state index contributed by atoms with van der Waals surface area (Å²) >= 11 is 0. The molecular formula is C39H25N6O14S3+3. The fraction of sp³-hybridized carbons (Fsp3) is 0.0513. The van der Waals surface area contributed by atoms with Crippen LogP contribution in [0.4, 0.5) is 17.1 Å². The molecule has 0 heterocycles. The van der Waals surface area contributed by atoms with E-state index in [0.29, 0.717) is 12.1 Å². The Morgan fingerprint density at radius 1 is 0.516 bits per heavy atom. The highest BCUT2D eigenvalue weighted by Gasteiger charge is 2.34. The van der Waals surface area contributed by atoms with Crippen LogP contribution in [0.5, 0.6) is 34.5 Å². The highest BCUT2D eigenvalue weighted by Crippen LogP contribution is 2.46. The molecule has 62 heavy (non-hydrogen) atoms. The summed E-state index contributed by atoms with van der Waals surface area (Å²) in [6.07, 6.45) is 0. The van der Waals surface area contributed by atoms with Crippen LogP contribution >= 0.6 is 0 Å². The molecule has 0 saturated carbocycles. The average molecular weight is 898 g/mol. The van der Waals surface area contributed by atoms with E-state index in [1.54, 1.807) is 0 Å². The van der Waals surface area contributed by atoms with Crippen LogP contribution in [0, 0.1) is 16.2 Å². The first-order valence-corrected chi connectivity index (χ1v) is 21.7. The summed E-state index contributed by atoms with van der Waals surface area (Å²) in [5.74, 6) is -6.68. The van der Waals surface area contributed by atoms with E-state index in [1.165, 1.54) is 43.3 Å². The molecule has 0 saturated heterocycles. The fourth-order valence-electron chi connectivity index (χ4n) is 6.40. The van der Waals surface area contributed by atoms with Crippen LogP contribution in [-0.4, -0.2) is 53.1 Å². The molecule has 0 atom stereocenters. The van der Waals surface area contributed by atoms with Crippen molar-refractivity contribution >= 4 is 85.7 Å². The number of diazo groups is 3. The number of ether oxygens (including phenoxy) is 1. The predicted molar refractivity (Wildman–Crippen MR) is 217 cm³/mol. The Balaban J connectivity index is 1.48. The highest BCUT2D eigenvalue weighted by atomic mass is 32.2. The molecule has 7 aromatic rings. The van der Waals surface area contributed by atoms with Crippen molar-refractivity contribution in [3.8, 4) is 34.5 Å². The van der Waals surface area contributed by atoms with Crippen LogP contribution in [0.1, 0.15) is 17.3 Å². The third kappa shape index (κ3) is 7.32. The molecule has 0 radical (unpaired) electrons. The Morgan fingerprint density at radius 2 is 0.855 bits per heavy atom. The van der Waals surface area contributed by atoms with Gasteiger partial charge in [-0.2, -0.15) is 25.3 Å². The van der Waals surface area contributed by atoms with Crippen LogP contribution in [0.25, 0.3) is 47.2 Å². The van der Waals surface area contributed by atoms with Gasteiger partial charge in [-0.15, -0.1) is 0 Å². The van der Waals surface area contributed by atoms with Crippen molar-refractivity contribution in [3.63, 3.8) is 0 Å². The number of aromatic hydroxyl groups is 3. The number of carbonyl (C=O) groups is 1. The molecule has 310 valence electrons. The third-order valence-electron chi connectivity index (χ3n) is 9.17. The van der Waals surface area contributed by atoms with E-state index in [1.807, 2.05) is 0 Å². The lowest BCUT2D eigenvalue weighted by molar-refractivity contribution is 0.0525. The Kier molecular flexibility index (Phi) is 10.6. The lowest BCUT2D eigenvalue weighted by Crippen LogP contribution is -2.18. The van der Waals surface area contributed by atoms with Crippen molar-refractivity contribution in [2.45, 2.75) is 21.6 Å². The fourth-order valence-corrected chi connectivity index (χ4v) is 9.85. The lowest BCUT2D eigenvalue weighted by Gasteiger charge is -2.19. The minimum Gasteiger partial charge on any atom is -0.501 e. The Morgan fingerprint density at radius 3 is 1.18 bits per heavy atom. The number of fused-ring (bicyclic) bond motifs is 3. The van der Waals surface area contributed by atoms with Gasteiger partial charge in [-0.05, 0) is 43.3 Å². The molecule has 0 bridgehead atoms. The Hall–Kier alpha value is -8.30. The summed E-state index contributed by atoms with van der Waals surface area (Å²) < 4.78 is 107. The van der Waals surface area contributed by atoms with Crippen molar-refractivity contribution in [3.05, 3.63) is 124 Å². The molecule has 20 nitrogen and oxygen atoms in total. The van der Waals surface area contributed by atoms with Gasteiger partial charge < -0.3 is 32.6 Å². The first-order chi connectivity index (χ1) is 29.5. The molecular weight excluding hydrogens is 873 g/mol. The standard InChI is InChI=1S/C39H22N6O14S3/c1-2-56-39(49)20-18-30(57-60(50,51)32-9-3-6-24-21(32)12-15-27(43-40)35(24)46)38(59-62(54,55)34-11-5-8-26-23(34)14-17-29(45-42)37(26)48)31(19-20)58-61(52,53)33-10-4-7-25-22(33)13-16-28(44-41)36(25)47/h3-19H,2H2,1H3/p+3. The summed E-state index contributed by atoms with van der Waals surface area (Å²) in [4.78, 5) is 20.1. The van der Waals surface area contributed by atoms with E-state index in [2.05, 4.69) is 14.9 Å². The molecule has 7 rings (SSSR count). The number of hydrogen-bond acceptors (Lipinski definition) is 17. The zero-order valence-corrected chi connectivity index (χ0v) is 33.7. The van der Waals surface area contributed by atoms with Crippen molar-refractivity contribution in [1.82, 2.24) is 0 Å². The first kappa shape index (κ1) is 41.8. The van der Waals surface area contributed by atoms with Crippen molar-refractivity contribution in [2.75, 3.05) is 6.61 Å². The second kappa shape index (κ2) is 15.7. The zero-order valence-electron chi connectivity index (χ0n) is 31.3. The summed E-state index contributed by atoms with van der Waals surface area (Å²) in [6, 6.07) is 18.4. The number of hydrogen-bond donors (Lipinski definition) is 3. The van der Waals surface area contributed by atoms with E-state index >= 15 is 0 Å². The minimum absolute atomic E-state index is 0.142. The number of carbonyl (C=O) groups excluding carboxylic acids is 1. The molecule has 0 aliphatic rings. The van der Waals surface area contributed by atoms with Gasteiger partial charge in [0.15, 0.2) is 26.4 Å². The smallest absolute Gasteiger partial charge is 0.426 e. The molecule has 0 aromatic heterocycles. The summed E-state index contributed by atoms with van der Waals surface area (Å²) in [5.41, 5.74) is -1.63. The normalized spacial score (nSPS) is 11.6. The van der Waals surface area contributed by atoms with Gasteiger partial charge in [0.25, 0.3) is 0 Å². The Bertz CT molecular complexity index is 3410. The topological polar surface area (TPSA) is 302 Å². The van der Waals surface area contributed by atoms with Gasteiger partial charge >= 0.3 is 53.4 Å². The van der Waals surface area contributed by atoms with Crippen LogP contribution in [-0.2, 0) is 35.1 Å². The van der Waals surface area contributed by atoms with E-state index in [-0.39, 0.29) is 56.0 Å². The summed E-state index contributed by atoms with van der Waals surface area (Å²) in [6.45, 7) is 1.17. The van der Waals surface area contributed by atoms with Crippen LogP contribution in [0.15, 0.2) is 118 Å². The number of esters is 1. The third-order valence-corrected chi connectivity index (χ3v) is 13.0. The first-order valence-electron chi connectivity index (χ1n) is 17.4. The average Bonchev–Trinajstić information content (AvgIpc) is 3.24. The summed E-state index contributed by atoms with van der Waals surface area (Å²) in [7, 11) is -15.8. The van der Waals surface area contributed by atoms with Gasteiger partial charge in [-0.3, -0.25) is 0 Å². The SMILES string of the molecule is CCOC(=O)c1cc(OS(=O)(=O)c2cccc3c(O)c([N+]#N)ccc23)c(OS(=O)(=O)c2cccc3c(O)c([N+]#N)ccc23)c(OS(=O)(=O)c2cccc3c(O)c([N+]#N)ccc23)c1. The molecule has 7 aromatic carbocycles. The molecule has 3 N–H and O–H groups in total. The number of nitrogens with zero attached hydrogens (tertiary/aromatic N) is 6. The highest BCUT2D eigenvalue weighted by molar-refractivity contribution is 7.88. The maximum absolute atomic E-state index is 14.3. The van der Waals surface area contributed by atoms with Crippen molar-refractivity contribution < 1.29 is 62.7 Å². The van der Waals surface area contributed by atoms with Gasteiger partial charge in [0.1, 0.15) is 14.7 Å². The Labute approximate surface area is 349 Å². The van der Waals surface area contributed by atoms with Gasteiger partial charge in [0.05, 0.1) is 12.2 Å². The minimum atomic E-state index is -5.31. The lowest BCUT2D eigenvalue weighted by atomic mass is 10.1. The number of phenolic OH excluding ortho intramolecular Hbond substituents is 3. The second-order valence-electron chi connectivity index (χ2n) is 12.8. The van der Waals surface area contributed by atoms with E-state index in [4.69, 9.17) is 17.3 Å². The molecule has 0 aliphatic heterocycles. The van der Waals surface area contributed by atoms with Gasteiger partial charge in [-0.25, -0.2) is 4.79 Å². The number of phenols is 3. The molecule has 23 heteroatoms. The second-order valence-corrected chi connectivity index (χ2v) is 17.3.